The summed E-state index contributed by atoms with van der Waals surface area (Å²) in [6, 6.07) is 4.59. The van der Waals surface area contributed by atoms with Crippen molar-refractivity contribution in [2.75, 3.05) is 35.5 Å². The van der Waals surface area contributed by atoms with Gasteiger partial charge in [0.15, 0.2) is 5.73 Å². The minimum absolute atomic E-state index is 0.0264. The van der Waals surface area contributed by atoms with E-state index >= 15 is 0 Å². The van der Waals surface area contributed by atoms with Crippen molar-refractivity contribution in [3.63, 3.8) is 0 Å². The minimum Gasteiger partial charge on any atom is -0.485 e. The van der Waals surface area contributed by atoms with Gasteiger partial charge in [-0.2, -0.15) is 0 Å². The molecule has 1 aromatic rings. The Morgan fingerprint density at radius 1 is 0.960 bits per heavy atom. The summed E-state index contributed by atoms with van der Waals surface area (Å²) in [5.74, 6) is -1.23. The molecule has 0 spiro atoms. The van der Waals surface area contributed by atoms with E-state index in [1.54, 1.807) is 12.1 Å². The van der Waals surface area contributed by atoms with Gasteiger partial charge in [-0.3, -0.25) is 0 Å². The van der Waals surface area contributed by atoms with Crippen LogP contribution in [0, 0.1) is 0 Å². The van der Waals surface area contributed by atoms with Crippen LogP contribution in [0.4, 0.5) is 0 Å². The van der Waals surface area contributed by atoms with Gasteiger partial charge in [-0.1, -0.05) is 13.0 Å². The maximum Gasteiger partial charge on any atom is 0.543 e. The normalized spacial score (nSPS) is 12.4. The van der Waals surface area contributed by atoms with Crippen molar-refractivity contribution >= 4 is 20.7 Å². The predicted molar refractivity (Wildman–Crippen MR) is 90.6 cm³/mol. The Morgan fingerprint density at radius 2 is 1.52 bits per heavy atom. The van der Waals surface area contributed by atoms with Crippen LogP contribution >= 0.6 is 0 Å². The quantitative estimate of drug-likeness (QED) is 0.479. The number of methoxy groups -OCH3 is 2. The maximum atomic E-state index is 12.2. The van der Waals surface area contributed by atoms with Crippen LogP contribution < -0.4 is 4.74 Å². The molecule has 0 saturated carbocycles. The summed E-state index contributed by atoms with van der Waals surface area (Å²) >= 11 is 0. The summed E-state index contributed by atoms with van der Waals surface area (Å²) in [5, 5.41) is 0. The average molecular weight is 372 g/mol. The lowest BCUT2D eigenvalue weighted by Gasteiger charge is -2.32. The SMILES string of the molecule is CCC(Oc1cccc(C(=O)OC)c1C(=O)OC)[Si](OC)(OC)OC. The van der Waals surface area contributed by atoms with Crippen LogP contribution in [-0.4, -0.2) is 62.0 Å². The summed E-state index contributed by atoms with van der Waals surface area (Å²) in [6.07, 6.45) is 0.491. The molecule has 1 rings (SSSR count). The third kappa shape index (κ3) is 4.37. The zero-order chi connectivity index (χ0) is 19.0. The highest BCUT2D eigenvalue weighted by Crippen LogP contribution is 2.28. The molecule has 0 N–H and O–H groups in total. The number of hydrogen-bond donors (Lipinski definition) is 0. The van der Waals surface area contributed by atoms with Gasteiger partial charge in [-0.15, -0.1) is 0 Å². The average Bonchev–Trinajstić information content (AvgIpc) is 2.67. The van der Waals surface area contributed by atoms with Crippen molar-refractivity contribution in [3.05, 3.63) is 29.3 Å². The first-order chi connectivity index (χ1) is 11.9. The number of carbonyl (C=O) groups excluding carboxylic acids is 2. The smallest absolute Gasteiger partial charge is 0.485 e. The fraction of sp³-hybridized carbons (Fsp3) is 0.500. The molecule has 0 amide bonds. The lowest BCUT2D eigenvalue weighted by molar-refractivity contribution is 0.0530. The Labute approximate surface area is 148 Å². The molecule has 0 heterocycles. The fourth-order valence-electron chi connectivity index (χ4n) is 2.43. The van der Waals surface area contributed by atoms with Crippen LogP contribution in [0.1, 0.15) is 34.1 Å². The van der Waals surface area contributed by atoms with Crippen LogP contribution in [0.25, 0.3) is 0 Å². The van der Waals surface area contributed by atoms with E-state index in [2.05, 4.69) is 0 Å². The highest BCUT2D eigenvalue weighted by molar-refractivity contribution is 6.62. The van der Waals surface area contributed by atoms with E-state index in [1.807, 2.05) is 6.92 Å². The fourth-order valence-corrected chi connectivity index (χ4v) is 4.49. The molecule has 1 atom stereocenters. The first-order valence-electron chi connectivity index (χ1n) is 7.56. The second kappa shape index (κ2) is 9.52. The number of esters is 2. The van der Waals surface area contributed by atoms with Gasteiger partial charge in [0.25, 0.3) is 0 Å². The number of benzene rings is 1. The third-order valence-electron chi connectivity index (χ3n) is 3.71. The lowest BCUT2D eigenvalue weighted by atomic mass is 10.1. The monoisotopic (exact) mass is 372 g/mol. The van der Waals surface area contributed by atoms with Gasteiger partial charge in [0, 0.05) is 21.3 Å². The van der Waals surface area contributed by atoms with E-state index in [0.717, 1.165) is 0 Å². The minimum atomic E-state index is -3.14. The molecule has 1 aromatic carbocycles. The number of hydrogen-bond acceptors (Lipinski definition) is 8. The van der Waals surface area contributed by atoms with E-state index < -0.39 is 26.5 Å². The van der Waals surface area contributed by atoms with Gasteiger partial charge in [0.1, 0.15) is 11.3 Å². The van der Waals surface area contributed by atoms with Crippen molar-refractivity contribution in [2.24, 2.45) is 0 Å². The first-order valence-corrected chi connectivity index (χ1v) is 9.36. The molecule has 9 heteroatoms. The molecule has 0 fully saturated rings. The van der Waals surface area contributed by atoms with E-state index in [4.69, 9.17) is 27.5 Å². The maximum absolute atomic E-state index is 12.2. The molecule has 0 aromatic heterocycles. The van der Waals surface area contributed by atoms with Crippen LogP contribution in [0.15, 0.2) is 18.2 Å². The molecule has 0 aliphatic heterocycles. The zero-order valence-corrected chi connectivity index (χ0v) is 16.3. The predicted octanol–water partition coefficient (Wildman–Crippen LogP) is 1.83. The molecular weight excluding hydrogens is 348 g/mol. The van der Waals surface area contributed by atoms with Gasteiger partial charge < -0.3 is 27.5 Å². The molecule has 25 heavy (non-hydrogen) atoms. The Balaban J connectivity index is 3.41. The lowest BCUT2D eigenvalue weighted by Crippen LogP contribution is -2.56. The van der Waals surface area contributed by atoms with Crippen LogP contribution in [0.5, 0.6) is 5.75 Å². The standard InChI is InChI=1S/C16H24O8Si/c1-7-13(25(21-4,22-5)23-6)24-12-10-8-9-11(15(17)19-2)14(12)16(18)20-3/h8-10,13H,7H2,1-6H3. The second-order valence-electron chi connectivity index (χ2n) is 4.89. The van der Waals surface area contributed by atoms with Crippen molar-refractivity contribution in [1.82, 2.24) is 0 Å². The summed E-state index contributed by atoms with van der Waals surface area (Å²) in [5.41, 5.74) is -0.577. The molecule has 0 saturated heterocycles. The van der Waals surface area contributed by atoms with E-state index in [0.29, 0.717) is 6.42 Å². The number of rotatable bonds is 9. The van der Waals surface area contributed by atoms with Gasteiger partial charge in [0.05, 0.1) is 19.8 Å². The van der Waals surface area contributed by atoms with Gasteiger partial charge in [-0.05, 0) is 18.6 Å². The van der Waals surface area contributed by atoms with Gasteiger partial charge in [-0.25, -0.2) is 9.59 Å². The summed E-state index contributed by atoms with van der Waals surface area (Å²) in [4.78, 5) is 24.2. The van der Waals surface area contributed by atoms with E-state index in [1.165, 1.54) is 41.6 Å². The highest BCUT2D eigenvalue weighted by Gasteiger charge is 2.49. The van der Waals surface area contributed by atoms with Crippen LogP contribution in [0.2, 0.25) is 0 Å². The summed E-state index contributed by atoms with van der Waals surface area (Å²) < 4.78 is 31.8. The molecule has 140 valence electrons. The number of carbonyl (C=O) groups is 2. The molecule has 0 bridgehead atoms. The van der Waals surface area contributed by atoms with Gasteiger partial charge >= 0.3 is 20.7 Å². The Kier molecular flexibility index (Phi) is 8.03. The first kappa shape index (κ1) is 21.1. The zero-order valence-electron chi connectivity index (χ0n) is 15.3. The largest absolute Gasteiger partial charge is 0.543 e. The van der Waals surface area contributed by atoms with Crippen LogP contribution in [0.3, 0.4) is 0 Å². The molecular formula is C16H24O8Si. The van der Waals surface area contributed by atoms with E-state index in [9.17, 15) is 9.59 Å². The van der Waals surface area contributed by atoms with Crippen molar-refractivity contribution in [3.8, 4) is 5.75 Å². The molecule has 8 nitrogen and oxygen atoms in total. The third-order valence-corrected chi connectivity index (χ3v) is 6.73. The highest BCUT2D eigenvalue weighted by atomic mass is 28.4. The van der Waals surface area contributed by atoms with Crippen molar-refractivity contribution < 1.29 is 37.1 Å². The van der Waals surface area contributed by atoms with Crippen LogP contribution in [-0.2, 0) is 22.8 Å². The molecule has 1 unspecified atom stereocenters. The topological polar surface area (TPSA) is 89.5 Å². The Bertz CT molecular complexity index is 592. The molecule has 0 aliphatic carbocycles. The Hall–Kier alpha value is -1.94. The van der Waals surface area contributed by atoms with Crippen molar-refractivity contribution in [1.29, 1.82) is 0 Å². The number of ether oxygens (including phenoxy) is 3. The summed E-state index contributed by atoms with van der Waals surface area (Å²) in [7, 11) is 3.71. The molecule has 0 aliphatic rings. The van der Waals surface area contributed by atoms with Crippen molar-refractivity contribution in [2.45, 2.75) is 19.1 Å². The second-order valence-corrected chi connectivity index (χ2v) is 7.97. The molecule has 0 radical (unpaired) electrons. The van der Waals surface area contributed by atoms with Gasteiger partial charge in [0.2, 0.25) is 0 Å². The Morgan fingerprint density at radius 3 is 1.96 bits per heavy atom. The van der Waals surface area contributed by atoms with E-state index in [-0.39, 0.29) is 16.9 Å². The summed E-state index contributed by atoms with van der Waals surface area (Å²) in [6.45, 7) is 1.87.